The van der Waals surface area contributed by atoms with Gasteiger partial charge in [0.1, 0.15) is 5.75 Å². The van der Waals surface area contributed by atoms with Crippen molar-refractivity contribution in [2.75, 3.05) is 18.5 Å². The molecule has 0 amide bonds. The van der Waals surface area contributed by atoms with Gasteiger partial charge in [-0.15, -0.1) is 0 Å². The van der Waals surface area contributed by atoms with Crippen LogP contribution in [-0.4, -0.2) is 13.2 Å². The number of nitrogens with one attached hydrogen (secondary N) is 1. The fourth-order valence-corrected chi connectivity index (χ4v) is 2.62. The van der Waals surface area contributed by atoms with Crippen LogP contribution in [0.2, 0.25) is 0 Å². The first kappa shape index (κ1) is 13.0. The van der Waals surface area contributed by atoms with E-state index in [9.17, 15) is 0 Å². The van der Waals surface area contributed by atoms with Gasteiger partial charge in [-0.25, -0.2) is 0 Å². The highest BCUT2D eigenvalue weighted by atomic mass is 16.5. The van der Waals surface area contributed by atoms with Crippen molar-refractivity contribution in [1.82, 2.24) is 0 Å². The Labute approximate surface area is 119 Å². The number of aryl methyl sites for hydroxylation is 1. The molecule has 104 valence electrons. The summed E-state index contributed by atoms with van der Waals surface area (Å²) in [5.41, 5.74) is 10.8. The second kappa shape index (κ2) is 5.55. The molecule has 1 aliphatic rings. The number of nitrogens with two attached hydrogens (primary N) is 1. The number of hydrogen-bond donors (Lipinski definition) is 2. The van der Waals surface area contributed by atoms with Crippen molar-refractivity contribution < 1.29 is 4.74 Å². The zero-order chi connectivity index (χ0) is 13.9. The molecule has 1 heterocycles. The zero-order valence-electron chi connectivity index (χ0n) is 11.7. The maximum Gasteiger partial charge on any atom is 0.122 e. The average molecular weight is 268 g/mol. The van der Waals surface area contributed by atoms with Gasteiger partial charge in [-0.3, -0.25) is 0 Å². The van der Waals surface area contributed by atoms with Crippen LogP contribution in [0.5, 0.6) is 5.75 Å². The lowest BCUT2D eigenvalue weighted by atomic mass is 10.0. The molecule has 3 N–H and O–H groups in total. The first-order chi connectivity index (χ1) is 9.78. The summed E-state index contributed by atoms with van der Waals surface area (Å²) in [7, 11) is 0. The van der Waals surface area contributed by atoms with Crippen LogP contribution in [0.25, 0.3) is 0 Å². The fourth-order valence-electron chi connectivity index (χ4n) is 2.62. The largest absolute Gasteiger partial charge is 0.493 e. The quantitative estimate of drug-likeness (QED) is 0.896. The molecule has 0 saturated heterocycles. The molecule has 0 aliphatic carbocycles. The minimum Gasteiger partial charge on any atom is -0.493 e. The molecule has 1 atom stereocenters. The second-order valence-electron chi connectivity index (χ2n) is 5.21. The third-order valence-corrected chi connectivity index (χ3v) is 3.83. The minimum atomic E-state index is 0.127. The third-order valence-electron chi connectivity index (χ3n) is 3.83. The molecular formula is C17H20N2O. The van der Waals surface area contributed by atoms with E-state index < -0.39 is 0 Å². The van der Waals surface area contributed by atoms with Gasteiger partial charge in [0, 0.05) is 18.7 Å². The molecule has 3 rings (SSSR count). The summed E-state index contributed by atoms with van der Waals surface area (Å²) in [6.45, 7) is 3.46. The number of anilines is 1. The Morgan fingerprint density at radius 3 is 2.90 bits per heavy atom. The Balaban J connectivity index is 1.85. The number of para-hydroxylation sites is 1. The third kappa shape index (κ3) is 2.49. The highest BCUT2D eigenvalue weighted by Crippen LogP contribution is 2.29. The van der Waals surface area contributed by atoms with Gasteiger partial charge in [-0.1, -0.05) is 24.3 Å². The molecular weight excluding hydrogens is 248 g/mol. The van der Waals surface area contributed by atoms with E-state index in [2.05, 4.69) is 42.6 Å². The van der Waals surface area contributed by atoms with Crippen LogP contribution in [0.15, 0.2) is 42.5 Å². The first-order valence-corrected chi connectivity index (χ1v) is 7.06. The average Bonchev–Trinajstić information content (AvgIpc) is 2.94. The van der Waals surface area contributed by atoms with Gasteiger partial charge in [-0.2, -0.15) is 0 Å². The molecule has 2 aromatic rings. The molecule has 0 saturated carbocycles. The number of rotatable bonds is 4. The Morgan fingerprint density at radius 2 is 2.10 bits per heavy atom. The Morgan fingerprint density at radius 1 is 1.25 bits per heavy atom. The van der Waals surface area contributed by atoms with Gasteiger partial charge in [0.15, 0.2) is 0 Å². The van der Waals surface area contributed by atoms with Crippen LogP contribution < -0.4 is 15.8 Å². The minimum absolute atomic E-state index is 0.127. The van der Waals surface area contributed by atoms with Crippen molar-refractivity contribution in [2.45, 2.75) is 19.4 Å². The van der Waals surface area contributed by atoms with Gasteiger partial charge >= 0.3 is 0 Å². The van der Waals surface area contributed by atoms with Crippen LogP contribution in [-0.2, 0) is 6.42 Å². The van der Waals surface area contributed by atoms with Gasteiger partial charge in [0.25, 0.3) is 0 Å². The van der Waals surface area contributed by atoms with Crippen molar-refractivity contribution in [3.8, 4) is 5.75 Å². The molecule has 0 bridgehead atoms. The van der Waals surface area contributed by atoms with Crippen molar-refractivity contribution >= 4 is 5.69 Å². The lowest BCUT2D eigenvalue weighted by Crippen LogP contribution is -2.21. The predicted octanol–water partition coefficient (Wildman–Crippen LogP) is 3.04. The molecule has 0 radical (unpaired) electrons. The van der Waals surface area contributed by atoms with Crippen molar-refractivity contribution in [3.05, 3.63) is 59.2 Å². The maximum atomic E-state index is 5.95. The Kier molecular flexibility index (Phi) is 3.61. The molecule has 0 aromatic heterocycles. The fraction of sp³-hybridized carbons (Fsp3) is 0.294. The molecule has 1 unspecified atom stereocenters. The van der Waals surface area contributed by atoms with Gasteiger partial charge in [-0.05, 0) is 41.8 Å². The summed E-state index contributed by atoms with van der Waals surface area (Å²) in [5.74, 6) is 1.01. The van der Waals surface area contributed by atoms with Crippen LogP contribution in [0.1, 0.15) is 22.7 Å². The van der Waals surface area contributed by atoms with Crippen molar-refractivity contribution in [2.24, 2.45) is 5.73 Å². The van der Waals surface area contributed by atoms with Crippen LogP contribution in [0.4, 0.5) is 5.69 Å². The van der Waals surface area contributed by atoms with E-state index in [1.807, 2.05) is 12.1 Å². The van der Waals surface area contributed by atoms with Crippen molar-refractivity contribution in [1.29, 1.82) is 0 Å². The smallest absolute Gasteiger partial charge is 0.122 e. The van der Waals surface area contributed by atoms with E-state index in [1.54, 1.807) is 0 Å². The van der Waals surface area contributed by atoms with E-state index in [4.69, 9.17) is 10.5 Å². The van der Waals surface area contributed by atoms with Gasteiger partial charge < -0.3 is 15.8 Å². The molecule has 1 aliphatic heterocycles. The Bertz CT molecular complexity index is 610. The van der Waals surface area contributed by atoms with E-state index in [-0.39, 0.29) is 6.04 Å². The van der Waals surface area contributed by atoms with Crippen LogP contribution >= 0.6 is 0 Å². The van der Waals surface area contributed by atoms with Crippen LogP contribution in [0, 0.1) is 6.92 Å². The summed E-state index contributed by atoms with van der Waals surface area (Å²) in [4.78, 5) is 0. The summed E-state index contributed by atoms with van der Waals surface area (Å²) >= 11 is 0. The summed E-state index contributed by atoms with van der Waals surface area (Å²) in [5, 5.41) is 3.54. The van der Waals surface area contributed by atoms with E-state index >= 15 is 0 Å². The highest BCUT2D eigenvalue weighted by Gasteiger charge is 2.16. The van der Waals surface area contributed by atoms with E-state index in [1.165, 1.54) is 16.7 Å². The number of hydrogen-bond acceptors (Lipinski definition) is 3. The number of fused-ring (bicyclic) bond motifs is 1. The topological polar surface area (TPSA) is 47.3 Å². The SMILES string of the molecule is Cc1ccccc1NC(CN)c1ccc2c(c1)CCO2. The molecule has 20 heavy (non-hydrogen) atoms. The highest BCUT2D eigenvalue weighted by molar-refractivity contribution is 5.52. The number of ether oxygens (including phenoxy) is 1. The lowest BCUT2D eigenvalue weighted by molar-refractivity contribution is 0.357. The lowest BCUT2D eigenvalue weighted by Gasteiger charge is -2.20. The predicted molar refractivity (Wildman–Crippen MR) is 82.2 cm³/mol. The van der Waals surface area contributed by atoms with Gasteiger partial charge in [0.2, 0.25) is 0 Å². The van der Waals surface area contributed by atoms with Crippen molar-refractivity contribution in [3.63, 3.8) is 0 Å². The zero-order valence-corrected chi connectivity index (χ0v) is 11.7. The molecule has 2 aromatic carbocycles. The standard InChI is InChI=1S/C17H20N2O/c1-12-4-2-3-5-15(12)19-16(11-18)13-6-7-17-14(10-13)8-9-20-17/h2-7,10,16,19H,8-9,11,18H2,1H3. The maximum absolute atomic E-state index is 5.95. The van der Waals surface area contributed by atoms with Crippen LogP contribution in [0.3, 0.4) is 0 Å². The monoisotopic (exact) mass is 268 g/mol. The molecule has 3 nitrogen and oxygen atoms in total. The molecule has 0 fully saturated rings. The van der Waals surface area contributed by atoms with Gasteiger partial charge in [0.05, 0.1) is 12.6 Å². The molecule has 3 heteroatoms. The number of benzene rings is 2. The van der Waals surface area contributed by atoms with E-state index in [0.717, 1.165) is 24.5 Å². The summed E-state index contributed by atoms with van der Waals surface area (Å²) < 4.78 is 5.55. The summed E-state index contributed by atoms with van der Waals surface area (Å²) in [6.07, 6.45) is 0.991. The molecule has 0 spiro atoms. The summed E-state index contributed by atoms with van der Waals surface area (Å²) in [6, 6.07) is 14.8. The second-order valence-corrected chi connectivity index (χ2v) is 5.21. The Hall–Kier alpha value is -2.00. The normalized spacial score (nSPS) is 14.5. The first-order valence-electron chi connectivity index (χ1n) is 7.06. The van der Waals surface area contributed by atoms with E-state index in [0.29, 0.717) is 6.54 Å².